The van der Waals surface area contributed by atoms with E-state index in [9.17, 15) is 22.7 Å². The number of aromatic hydroxyl groups is 1. The van der Waals surface area contributed by atoms with Gasteiger partial charge in [0, 0.05) is 6.42 Å². The van der Waals surface area contributed by atoms with Crippen molar-refractivity contribution in [3.05, 3.63) is 23.5 Å². The monoisotopic (exact) mass is 298 g/mol. The van der Waals surface area contributed by atoms with Gasteiger partial charge in [-0.2, -0.15) is 8.42 Å². The summed E-state index contributed by atoms with van der Waals surface area (Å²) in [5, 5.41) is 9.69. The fourth-order valence-corrected chi connectivity index (χ4v) is 2.88. The number of hydrogen-bond acceptors (Lipinski definition) is 4. The summed E-state index contributed by atoms with van der Waals surface area (Å²) in [4.78, 5) is 11.2. The van der Waals surface area contributed by atoms with Gasteiger partial charge >= 0.3 is 10.2 Å². The van der Waals surface area contributed by atoms with E-state index in [1.54, 1.807) is 11.6 Å². The second kappa shape index (κ2) is 5.02. The zero-order chi connectivity index (χ0) is 14.9. The van der Waals surface area contributed by atoms with Crippen molar-refractivity contribution in [1.82, 2.24) is 4.72 Å². The summed E-state index contributed by atoms with van der Waals surface area (Å²) in [5.74, 6) is 2.82. The molecule has 1 aliphatic heterocycles. The van der Waals surface area contributed by atoms with Crippen LogP contribution in [-0.2, 0) is 15.0 Å². The van der Waals surface area contributed by atoms with E-state index in [0.29, 0.717) is 10.7 Å². The quantitative estimate of drug-likeness (QED) is 0.738. The van der Waals surface area contributed by atoms with Gasteiger partial charge < -0.3 is 5.11 Å². The number of nitrogens with zero attached hydrogens (tertiary/aromatic N) is 1. The highest BCUT2D eigenvalue weighted by atomic mass is 32.2. The fourth-order valence-electron chi connectivity index (χ4n) is 1.72. The molecule has 1 aliphatic rings. The molecule has 0 unspecified atom stereocenters. The Morgan fingerprint density at radius 2 is 2.20 bits per heavy atom. The molecule has 106 valence electrons. The number of halogens is 1. The molecular formula is C12H11FN2O4S. The van der Waals surface area contributed by atoms with Gasteiger partial charge in [-0.1, -0.05) is 18.8 Å². The van der Waals surface area contributed by atoms with Crippen molar-refractivity contribution < 1.29 is 22.7 Å². The largest absolute Gasteiger partial charge is 0.506 e. The SMILES string of the molecule is CCC#Cc1ccc(O)c(N2CC(=O)NS2(=O)=O)c1F. The normalized spacial score (nSPS) is 16.5. The maximum atomic E-state index is 14.3. The van der Waals surface area contributed by atoms with Crippen LogP contribution in [0.15, 0.2) is 12.1 Å². The molecule has 0 aromatic heterocycles. The van der Waals surface area contributed by atoms with Gasteiger partial charge in [-0.25, -0.2) is 13.4 Å². The first kappa shape index (κ1) is 14.1. The molecule has 0 radical (unpaired) electrons. The van der Waals surface area contributed by atoms with E-state index >= 15 is 0 Å². The molecule has 1 aromatic carbocycles. The molecule has 2 N–H and O–H groups in total. The molecule has 1 saturated heterocycles. The number of nitrogens with one attached hydrogen (secondary N) is 1. The second-order valence-corrected chi connectivity index (χ2v) is 5.58. The van der Waals surface area contributed by atoms with E-state index in [2.05, 4.69) is 11.8 Å². The van der Waals surface area contributed by atoms with Crippen LogP contribution in [0.1, 0.15) is 18.9 Å². The van der Waals surface area contributed by atoms with Crippen LogP contribution in [0.3, 0.4) is 0 Å². The Labute approximate surface area is 115 Å². The third-order valence-corrected chi connectivity index (χ3v) is 3.94. The van der Waals surface area contributed by atoms with Crippen LogP contribution in [0.25, 0.3) is 0 Å². The topological polar surface area (TPSA) is 86.7 Å². The van der Waals surface area contributed by atoms with E-state index in [-0.39, 0.29) is 5.56 Å². The zero-order valence-electron chi connectivity index (χ0n) is 10.5. The fraction of sp³-hybridized carbons (Fsp3) is 0.250. The lowest BCUT2D eigenvalue weighted by atomic mass is 10.1. The number of benzene rings is 1. The number of rotatable bonds is 1. The maximum Gasteiger partial charge on any atom is 0.326 e. The van der Waals surface area contributed by atoms with Crippen LogP contribution in [-0.4, -0.2) is 26.0 Å². The first-order valence-electron chi connectivity index (χ1n) is 5.70. The van der Waals surface area contributed by atoms with Crippen LogP contribution >= 0.6 is 0 Å². The number of phenolic OH excluding ortho intramolecular Hbond substituents is 1. The first-order chi connectivity index (χ1) is 9.36. The number of amides is 1. The summed E-state index contributed by atoms with van der Waals surface area (Å²) in [6.07, 6.45) is 0.498. The Kier molecular flexibility index (Phi) is 3.55. The maximum absolute atomic E-state index is 14.3. The van der Waals surface area contributed by atoms with Gasteiger partial charge in [-0.3, -0.25) is 4.79 Å². The van der Waals surface area contributed by atoms with E-state index in [1.807, 2.05) is 0 Å². The predicted octanol–water partition coefficient (Wildman–Crippen LogP) is 0.474. The summed E-state index contributed by atoms with van der Waals surface area (Å²) in [7, 11) is -4.19. The van der Waals surface area contributed by atoms with Gasteiger partial charge in [0.25, 0.3) is 5.91 Å². The van der Waals surface area contributed by atoms with E-state index < -0.39 is 39.9 Å². The highest BCUT2D eigenvalue weighted by Gasteiger charge is 2.37. The standard InChI is InChI=1S/C12H11FN2O4S/c1-2-3-4-8-5-6-9(16)12(11(8)13)15-7-10(17)14-20(15,18)19/h5-6,16H,2,7H2,1H3,(H,14,17). The van der Waals surface area contributed by atoms with Crippen molar-refractivity contribution in [2.45, 2.75) is 13.3 Å². The minimum atomic E-state index is -4.19. The van der Waals surface area contributed by atoms with Crippen LogP contribution < -0.4 is 9.03 Å². The van der Waals surface area contributed by atoms with Crippen LogP contribution in [0.2, 0.25) is 0 Å². The van der Waals surface area contributed by atoms with Crippen molar-refractivity contribution in [3.8, 4) is 17.6 Å². The molecule has 6 nitrogen and oxygen atoms in total. The Morgan fingerprint density at radius 1 is 1.50 bits per heavy atom. The van der Waals surface area contributed by atoms with Crippen molar-refractivity contribution >= 4 is 21.8 Å². The van der Waals surface area contributed by atoms with Crippen molar-refractivity contribution in [3.63, 3.8) is 0 Å². The van der Waals surface area contributed by atoms with Gasteiger partial charge in [0.05, 0.1) is 5.56 Å². The second-order valence-electron chi connectivity index (χ2n) is 3.99. The average Bonchev–Trinajstić information content (AvgIpc) is 2.62. The average molecular weight is 298 g/mol. The van der Waals surface area contributed by atoms with Gasteiger partial charge in [0.1, 0.15) is 18.0 Å². The molecule has 1 heterocycles. The lowest BCUT2D eigenvalue weighted by molar-refractivity contribution is -0.117. The lowest BCUT2D eigenvalue weighted by Gasteiger charge is -2.17. The number of phenols is 1. The van der Waals surface area contributed by atoms with E-state index in [0.717, 1.165) is 6.07 Å². The molecule has 0 atom stereocenters. The number of anilines is 1. The van der Waals surface area contributed by atoms with E-state index in [4.69, 9.17) is 0 Å². The van der Waals surface area contributed by atoms with E-state index in [1.165, 1.54) is 6.07 Å². The predicted molar refractivity (Wildman–Crippen MR) is 69.6 cm³/mol. The number of hydrogen-bond donors (Lipinski definition) is 2. The van der Waals surface area contributed by atoms with Crippen LogP contribution in [0.4, 0.5) is 10.1 Å². The molecule has 0 aliphatic carbocycles. The summed E-state index contributed by atoms with van der Waals surface area (Å²) < 4.78 is 39.8. The van der Waals surface area contributed by atoms with Gasteiger partial charge in [-0.05, 0) is 12.1 Å². The molecular weight excluding hydrogens is 287 g/mol. The Balaban J connectivity index is 2.60. The third-order valence-electron chi connectivity index (χ3n) is 2.56. The van der Waals surface area contributed by atoms with Crippen LogP contribution in [0, 0.1) is 17.7 Å². The molecule has 1 amide bonds. The third kappa shape index (κ3) is 2.40. The minimum Gasteiger partial charge on any atom is -0.506 e. The van der Waals surface area contributed by atoms with Crippen molar-refractivity contribution in [2.75, 3.05) is 10.8 Å². The number of carbonyl (C=O) groups is 1. The first-order valence-corrected chi connectivity index (χ1v) is 7.14. The van der Waals surface area contributed by atoms with Gasteiger partial charge in [-0.15, -0.1) is 0 Å². The molecule has 2 rings (SSSR count). The molecule has 1 aromatic rings. The summed E-state index contributed by atoms with van der Waals surface area (Å²) >= 11 is 0. The van der Waals surface area contributed by atoms with Crippen molar-refractivity contribution in [2.24, 2.45) is 0 Å². The Morgan fingerprint density at radius 3 is 2.75 bits per heavy atom. The van der Waals surface area contributed by atoms with Gasteiger partial charge in [0.2, 0.25) is 0 Å². The smallest absolute Gasteiger partial charge is 0.326 e. The summed E-state index contributed by atoms with van der Waals surface area (Å²) in [5.41, 5.74) is -0.625. The highest BCUT2D eigenvalue weighted by Crippen LogP contribution is 2.34. The zero-order valence-corrected chi connectivity index (χ0v) is 11.3. The van der Waals surface area contributed by atoms with Gasteiger partial charge in [0.15, 0.2) is 5.82 Å². The van der Waals surface area contributed by atoms with Crippen molar-refractivity contribution in [1.29, 1.82) is 0 Å². The lowest BCUT2D eigenvalue weighted by Crippen LogP contribution is -2.30. The molecule has 0 bridgehead atoms. The minimum absolute atomic E-state index is 0.0470. The number of carbonyl (C=O) groups excluding carboxylic acids is 1. The molecule has 0 saturated carbocycles. The molecule has 1 fully saturated rings. The van der Waals surface area contributed by atoms with Crippen LogP contribution in [0.5, 0.6) is 5.75 Å². The molecule has 20 heavy (non-hydrogen) atoms. The molecule has 8 heteroatoms. The highest BCUT2D eigenvalue weighted by molar-refractivity contribution is 7.92. The molecule has 0 spiro atoms. The Hall–Kier alpha value is -2.27. The Bertz CT molecular complexity index is 734. The summed E-state index contributed by atoms with van der Waals surface area (Å²) in [6, 6.07) is 2.38. The summed E-state index contributed by atoms with van der Waals surface area (Å²) in [6.45, 7) is 1.19.